The summed E-state index contributed by atoms with van der Waals surface area (Å²) in [6, 6.07) is 15.6. The summed E-state index contributed by atoms with van der Waals surface area (Å²) in [5.74, 6) is -1.21. The van der Waals surface area contributed by atoms with Crippen molar-refractivity contribution in [3.8, 4) is 5.75 Å². The highest BCUT2D eigenvalue weighted by Crippen LogP contribution is 2.26. The maximum atomic E-state index is 13.9. The average molecular weight is 472 g/mol. The Kier molecular flexibility index (Phi) is 5.55. The second kappa shape index (κ2) is 8.28. The molecule has 0 aliphatic carbocycles. The summed E-state index contributed by atoms with van der Waals surface area (Å²) in [5.41, 5.74) is 2.44. The minimum Gasteiger partial charge on any atom is -0.489 e. The van der Waals surface area contributed by atoms with E-state index in [1.54, 1.807) is 30.3 Å². The third-order valence-corrected chi connectivity index (χ3v) is 5.37. The summed E-state index contributed by atoms with van der Waals surface area (Å²) < 4.78 is 35.5. The molecule has 0 fully saturated rings. The van der Waals surface area contributed by atoms with Crippen molar-refractivity contribution in [2.45, 2.75) is 13.2 Å². The molecule has 3 aromatic carbocycles. The van der Waals surface area contributed by atoms with Crippen molar-refractivity contribution >= 4 is 32.8 Å². The van der Waals surface area contributed by atoms with Crippen LogP contribution in [0.1, 0.15) is 21.5 Å². The maximum absolute atomic E-state index is 13.9. The molecule has 0 bridgehead atoms. The lowest BCUT2D eigenvalue weighted by atomic mass is 10.1. The Morgan fingerprint density at radius 3 is 2.63 bits per heavy atom. The van der Waals surface area contributed by atoms with Gasteiger partial charge in [0.05, 0.1) is 16.6 Å². The number of carboxylic acids is 1. The summed E-state index contributed by atoms with van der Waals surface area (Å²) in [4.78, 5) is 11.2. The van der Waals surface area contributed by atoms with E-state index in [9.17, 15) is 13.6 Å². The SMILES string of the molecule is O=C(O)c1ccc2c(ccn2Cc2cc(F)ccc2OCc2ccc(F)c(Br)c2)c1. The Bertz CT molecular complexity index is 1250. The van der Waals surface area contributed by atoms with Gasteiger partial charge in [0.15, 0.2) is 0 Å². The van der Waals surface area contributed by atoms with Crippen LogP contribution in [-0.2, 0) is 13.2 Å². The molecule has 0 spiro atoms. The largest absolute Gasteiger partial charge is 0.489 e. The first kappa shape index (κ1) is 20.1. The number of benzene rings is 3. The van der Waals surface area contributed by atoms with Crippen LogP contribution in [0.15, 0.2) is 71.3 Å². The summed E-state index contributed by atoms with van der Waals surface area (Å²) in [6.07, 6.45) is 1.82. The van der Waals surface area contributed by atoms with Crippen LogP contribution < -0.4 is 4.74 Å². The quantitative estimate of drug-likeness (QED) is 0.374. The van der Waals surface area contributed by atoms with Gasteiger partial charge in [-0.05, 0) is 76.1 Å². The first-order valence-electron chi connectivity index (χ1n) is 9.08. The van der Waals surface area contributed by atoms with Crippen LogP contribution in [0.3, 0.4) is 0 Å². The molecule has 4 aromatic rings. The van der Waals surface area contributed by atoms with Crippen molar-refractivity contribution in [2.75, 3.05) is 0 Å². The number of hydrogen-bond donors (Lipinski definition) is 1. The van der Waals surface area contributed by atoms with Gasteiger partial charge in [0, 0.05) is 22.7 Å². The van der Waals surface area contributed by atoms with E-state index in [1.165, 1.54) is 24.3 Å². The number of aromatic nitrogens is 1. The molecule has 0 amide bonds. The minimum atomic E-state index is -0.988. The van der Waals surface area contributed by atoms with E-state index in [4.69, 9.17) is 9.84 Å². The molecular weight excluding hydrogens is 456 g/mol. The molecule has 0 atom stereocenters. The zero-order valence-electron chi connectivity index (χ0n) is 15.6. The topological polar surface area (TPSA) is 51.5 Å². The van der Waals surface area contributed by atoms with Gasteiger partial charge in [-0.1, -0.05) is 6.07 Å². The molecule has 0 aliphatic rings. The lowest BCUT2D eigenvalue weighted by Gasteiger charge is -2.14. The molecule has 0 saturated heterocycles. The number of carbonyl (C=O) groups is 1. The number of nitrogens with zero attached hydrogens (tertiary/aromatic N) is 1. The maximum Gasteiger partial charge on any atom is 0.335 e. The fraction of sp³-hybridized carbons (Fsp3) is 0.0870. The second-order valence-corrected chi connectivity index (χ2v) is 7.67. The molecule has 1 heterocycles. The molecular formula is C23H16BrF2NO3. The van der Waals surface area contributed by atoms with Crippen LogP contribution in [0.5, 0.6) is 5.75 Å². The van der Waals surface area contributed by atoms with Crippen molar-refractivity contribution in [3.05, 3.63) is 99.7 Å². The standard InChI is InChI=1S/C23H16BrF2NO3/c24-19-9-14(1-4-20(19)26)13-30-22-6-3-18(25)11-17(22)12-27-8-7-15-10-16(23(28)29)2-5-21(15)27/h1-11H,12-13H2,(H,28,29). The zero-order chi connectivity index (χ0) is 21.3. The number of aromatic carboxylic acids is 1. The molecule has 0 radical (unpaired) electrons. The van der Waals surface area contributed by atoms with Gasteiger partial charge in [0.25, 0.3) is 0 Å². The van der Waals surface area contributed by atoms with Gasteiger partial charge >= 0.3 is 5.97 Å². The zero-order valence-corrected chi connectivity index (χ0v) is 17.2. The summed E-state index contributed by atoms with van der Waals surface area (Å²) in [5, 5.41) is 9.93. The number of halogens is 3. The van der Waals surface area contributed by atoms with E-state index < -0.39 is 5.97 Å². The molecule has 7 heteroatoms. The normalized spacial score (nSPS) is 11.0. The third kappa shape index (κ3) is 4.21. The van der Waals surface area contributed by atoms with Crippen LogP contribution >= 0.6 is 15.9 Å². The van der Waals surface area contributed by atoms with Crippen molar-refractivity contribution in [2.24, 2.45) is 0 Å². The van der Waals surface area contributed by atoms with E-state index >= 15 is 0 Å². The van der Waals surface area contributed by atoms with Crippen LogP contribution in [-0.4, -0.2) is 15.6 Å². The van der Waals surface area contributed by atoms with Crippen molar-refractivity contribution in [3.63, 3.8) is 0 Å². The van der Waals surface area contributed by atoms with E-state index in [1.807, 2.05) is 16.8 Å². The Labute approximate surface area is 179 Å². The Morgan fingerprint density at radius 1 is 1.03 bits per heavy atom. The third-order valence-electron chi connectivity index (χ3n) is 4.76. The summed E-state index contributed by atoms with van der Waals surface area (Å²) >= 11 is 3.15. The number of ether oxygens (including phenoxy) is 1. The first-order chi connectivity index (χ1) is 14.4. The van der Waals surface area contributed by atoms with E-state index in [-0.39, 0.29) is 23.8 Å². The number of rotatable bonds is 6. The van der Waals surface area contributed by atoms with E-state index in [2.05, 4.69) is 15.9 Å². The van der Waals surface area contributed by atoms with E-state index in [0.717, 1.165) is 16.5 Å². The van der Waals surface area contributed by atoms with E-state index in [0.29, 0.717) is 22.3 Å². The highest BCUT2D eigenvalue weighted by atomic mass is 79.9. The fourth-order valence-corrected chi connectivity index (χ4v) is 3.68. The molecule has 152 valence electrons. The number of fused-ring (bicyclic) bond motifs is 1. The molecule has 1 N–H and O–H groups in total. The molecule has 4 nitrogen and oxygen atoms in total. The molecule has 0 unspecified atom stereocenters. The fourth-order valence-electron chi connectivity index (χ4n) is 3.26. The Balaban J connectivity index is 1.60. The van der Waals surface area contributed by atoms with Crippen molar-refractivity contribution in [1.82, 2.24) is 4.57 Å². The highest BCUT2D eigenvalue weighted by molar-refractivity contribution is 9.10. The number of carboxylic acid groups (broad SMARTS) is 1. The van der Waals surface area contributed by atoms with Gasteiger partial charge in [-0.3, -0.25) is 0 Å². The lowest BCUT2D eigenvalue weighted by molar-refractivity contribution is 0.0697. The Hall–Kier alpha value is -3.19. The molecule has 30 heavy (non-hydrogen) atoms. The van der Waals surface area contributed by atoms with Gasteiger partial charge in [-0.2, -0.15) is 0 Å². The van der Waals surface area contributed by atoms with Crippen LogP contribution in [0.2, 0.25) is 0 Å². The van der Waals surface area contributed by atoms with Crippen LogP contribution in [0.25, 0.3) is 10.9 Å². The lowest BCUT2D eigenvalue weighted by Crippen LogP contribution is -2.04. The predicted molar refractivity (Wildman–Crippen MR) is 113 cm³/mol. The van der Waals surface area contributed by atoms with Crippen LogP contribution in [0.4, 0.5) is 8.78 Å². The highest BCUT2D eigenvalue weighted by Gasteiger charge is 2.11. The molecule has 4 rings (SSSR count). The predicted octanol–water partition coefficient (Wildman–Crippen LogP) is 6.01. The summed E-state index contributed by atoms with van der Waals surface area (Å²) in [6.45, 7) is 0.544. The van der Waals surface area contributed by atoms with Crippen molar-refractivity contribution in [1.29, 1.82) is 0 Å². The van der Waals surface area contributed by atoms with Crippen molar-refractivity contribution < 1.29 is 23.4 Å². The van der Waals surface area contributed by atoms with Gasteiger partial charge < -0.3 is 14.4 Å². The number of hydrogen-bond acceptors (Lipinski definition) is 2. The Morgan fingerprint density at radius 2 is 1.87 bits per heavy atom. The van der Waals surface area contributed by atoms with Crippen LogP contribution in [0, 0.1) is 11.6 Å². The molecule has 0 aliphatic heterocycles. The molecule has 1 aromatic heterocycles. The first-order valence-corrected chi connectivity index (χ1v) is 9.87. The average Bonchev–Trinajstić information content (AvgIpc) is 3.12. The summed E-state index contributed by atoms with van der Waals surface area (Å²) in [7, 11) is 0. The van der Waals surface area contributed by atoms with Gasteiger partial charge in [0.2, 0.25) is 0 Å². The smallest absolute Gasteiger partial charge is 0.335 e. The van der Waals surface area contributed by atoms with Gasteiger partial charge in [-0.25, -0.2) is 13.6 Å². The molecule has 0 saturated carbocycles. The van der Waals surface area contributed by atoms with Gasteiger partial charge in [-0.15, -0.1) is 0 Å². The van der Waals surface area contributed by atoms with Gasteiger partial charge in [0.1, 0.15) is 24.0 Å². The monoisotopic (exact) mass is 471 g/mol. The second-order valence-electron chi connectivity index (χ2n) is 6.81. The minimum absolute atomic E-state index is 0.200.